The first-order chi connectivity index (χ1) is 8.04. The van der Waals surface area contributed by atoms with Crippen LogP contribution in [0.4, 0.5) is 0 Å². The summed E-state index contributed by atoms with van der Waals surface area (Å²) in [6.45, 7) is 0.780. The minimum absolute atomic E-state index is 0.0981. The summed E-state index contributed by atoms with van der Waals surface area (Å²) in [6.07, 6.45) is 1.31. The lowest BCUT2D eigenvalue weighted by molar-refractivity contribution is 0.112. The number of sulfonamides is 1. The lowest BCUT2D eigenvalue weighted by Crippen LogP contribution is -2.32. The fourth-order valence-corrected chi connectivity index (χ4v) is 3.44. The highest BCUT2D eigenvalue weighted by Crippen LogP contribution is 2.20. The van der Waals surface area contributed by atoms with Crippen LogP contribution in [-0.2, 0) is 10.0 Å². The van der Waals surface area contributed by atoms with Crippen molar-refractivity contribution in [1.82, 2.24) is 4.31 Å². The van der Waals surface area contributed by atoms with Crippen LogP contribution in [0.15, 0.2) is 29.2 Å². The number of nitrogens with two attached hydrogens (primary N) is 1. The average Bonchev–Trinajstić information content (AvgIpc) is 2.76. The molecule has 92 valence electrons. The molecule has 1 aliphatic rings. The second kappa shape index (κ2) is 4.56. The van der Waals surface area contributed by atoms with Crippen LogP contribution in [0.5, 0.6) is 0 Å². The molecule has 1 atom stereocenters. The lowest BCUT2D eigenvalue weighted by atomic mass is 10.2. The van der Waals surface area contributed by atoms with Crippen LogP contribution >= 0.6 is 0 Å². The van der Waals surface area contributed by atoms with Crippen molar-refractivity contribution in [2.75, 3.05) is 13.1 Å². The summed E-state index contributed by atoms with van der Waals surface area (Å²) in [6, 6.07) is 5.91. The van der Waals surface area contributed by atoms with Crippen LogP contribution < -0.4 is 5.73 Å². The summed E-state index contributed by atoms with van der Waals surface area (Å²) in [7, 11) is -3.51. The van der Waals surface area contributed by atoms with Gasteiger partial charge in [0.15, 0.2) is 0 Å². The molecule has 0 aliphatic carbocycles. The third-order valence-corrected chi connectivity index (χ3v) is 4.68. The molecule has 0 saturated carbocycles. The second-order valence-electron chi connectivity index (χ2n) is 4.10. The summed E-state index contributed by atoms with van der Waals surface area (Å²) >= 11 is 0. The topological polar surface area (TPSA) is 80.5 Å². The highest BCUT2D eigenvalue weighted by atomic mass is 32.2. The van der Waals surface area contributed by atoms with Crippen LogP contribution in [-0.4, -0.2) is 38.1 Å². The van der Waals surface area contributed by atoms with Crippen LogP contribution in [0.1, 0.15) is 16.8 Å². The van der Waals surface area contributed by atoms with Gasteiger partial charge < -0.3 is 5.73 Å². The molecule has 0 aromatic heterocycles. The van der Waals surface area contributed by atoms with E-state index in [0.717, 1.165) is 0 Å². The molecule has 5 nitrogen and oxygen atoms in total. The molecule has 0 radical (unpaired) electrons. The minimum Gasteiger partial charge on any atom is -0.326 e. The van der Waals surface area contributed by atoms with E-state index in [1.54, 1.807) is 12.1 Å². The monoisotopic (exact) mass is 254 g/mol. The summed E-state index contributed by atoms with van der Waals surface area (Å²) in [5.41, 5.74) is 6.05. The van der Waals surface area contributed by atoms with E-state index < -0.39 is 10.0 Å². The Morgan fingerprint density at radius 1 is 1.41 bits per heavy atom. The van der Waals surface area contributed by atoms with Gasteiger partial charge in [-0.1, -0.05) is 12.1 Å². The predicted octanol–water partition coefficient (Wildman–Crippen LogP) is 0.221. The van der Waals surface area contributed by atoms with Gasteiger partial charge >= 0.3 is 0 Å². The number of hydrogen-bond acceptors (Lipinski definition) is 4. The van der Waals surface area contributed by atoms with Gasteiger partial charge in [0.05, 0.1) is 4.90 Å². The normalized spacial score (nSPS) is 21.6. The Bertz CT molecular complexity index is 527. The van der Waals surface area contributed by atoms with Gasteiger partial charge in [0.1, 0.15) is 6.29 Å². The molecule has 1 unspecified atom stereocenters. The van der Waals surface area contributed by atoms with Crippen LogP contribution in [0.3, 0.4) is 0 Å². The van der Waals surface area contributed by atoms with Gasteiger partial charge in [0.25, 0.3) is 0 Å². The van der Waals surface area contributed by atoms with Crippen molar-refractivity contribution >= 4 is 16.3 Å². The van der Waals surface area contributed by atoms with Gasteiger partial charge in [-0.2, -0.15) is 4.31 Å². The van der Waals surface area contributed by atoms with Crippen molar-refractivity contribution in [3.63, 3.8) is 0 Å². The smallest absolute Gasteiger partial charge is 0.243 e. The molecule has 1 aromatic rings. The van der Waals surface area contributed by atoms with Crippen LogP contribution in [0.25, 0.3) is 0 Å². The number of rotatable bonds is 3. The fraction of sp³-hybridized carbons (Fsp3) is 0.364. The first-order valence-corrected chi connectivity index (χ1v) is 6.79. The highest BCUT2D eigenvalue weighted by molar-refractivity contribution is 7.89. The quantitative estimate of drug-likeness (QED) is 0.782. The standard InChI is InChI=1S/C11H14N2O3S/c12-10-4-5-13(7-10)17(15,16)11-3-1-2-9(6-11)8-14/h1-3,6,8,10H,4-5,7,12H2. The Hall–Kier alpha value is -1.24. The molecular formula is C11H14N2O3S. The van der Waals surface area contributed by atoms with E-state index in [0.29, 0.717) is 31.4 Å². The van der Waals surface area contributed by atoms with Crippen molar-refractivity contribution in [2.45, 2.75) is 17.4 Å². The zero-order valence-electron chi connectivity index (χ0n) is 9.24. The van der Waals surface area contributed by atoms with Gasteiger partial charge in [0, 0.05) is 24.7 Å². The van der Waals surface area contributed by atoms with Crippen LogP contribution in [0.2, 0.25) is 0 Å². The largest absolute Gasteiger partial charge is 0.326 e. The molecule has 6 heteroatoms. The molecular weight excluding hydrogens is 240 g/mol. The maximum Gasteiger partial charge on any atom is 0.243 e. The highest BCUT2D eigenvalue weighted by Gasteiger charge is 2.30. The van der Waals surface area contributed by atoms with E-state index >= 15 is 0 Å². The zero-order chi connectivity index (χ0) is 12.5. The van der Waals surface area contributed by atoms with Crippen LogP contribution in [0, 0.1) is 0 Å². The number of carbonyl (C=O) groups is 1. The first-order valence-electron chi connectivity index (χ1n) is 5.35. The first kappa shape index (κ1) is 12.2. The predicted molar refractivity (Wildman–Crippen MR) is 63.2 cm³/mol. The van der Waals surface area contributed by atoms with Gasteiger partial charge in [-0.3, -0.25) is 4.79 Å². The van der Waals surface area contributed by atoms with Gasteiger partial charge in [0.2, 0.25) is 10.0 Å². The van der Waals surface area contributed by atoms with E-state index in [4.69, 9.17) is 5.73 Å². The molecule has 1 aromatic carbocycles. The number of aldehydes is 1. The summed E-state index contributed by atoms with van der Waals surface area (Å²) in [5.74, 6) is 0. The van der Waals surface area contributed by atoms with Crippen molar-refractivity contribution in [2.24, 2.45) is 5.73 Å². The minimum atomic E-state index is -3.51. The average molecular weight is 254 g/mol. The molecule has 0 amide bonds. The van der Waals surface area contributed by atoms with E-state index in [-0.39, 0.29) is 10.9 Å². The summed E-state index contributed by atoms with van der Waals surface area (Å²) in [5, 5.41) is 0. The third kappa shape index (κ3) is 2.38. The Morgan fingerprint density at radius 2 is 2.18 bits per heavy atom. The molecule has 1 fully saturated rings. The van der Waals surface area contributed by atoms with Crippen molar-refractivity contribution in [3.8, 4) is 0 Å². The Morgan fingerprint density at radius 3 is 2.76 bits per heavy atom. The molecule has 0 bridgehead atoms. The molecule has 1 saturated heterocycles. The van der Waals surface area contributed by atoms with Gasteiger partial charge in [-0.15, -0.1) is 0 Å². The summed E-state index contributed by atoms with van der Waals surface area (Å²) in [4.78, 5) is 10.8. The maximum absolute atomic E-state index is 12.2. The third-order valence-electron chi connectivity index (χ3n) is 2.82. The van der Waals surface area contributed by atoms with Crippen molar-refractivity contribution in [1.29, 1.82) is 0 Å². The van der Waals surface area contributed by atoms with Gasteiger partial charge in [-0.25, -0.2) is 8.42 Å². The Labute approximate surface area is 100 Å². The van der Waals surface area contributed by atoms with Crippen molar-refractivity contribution < 1.29 is 13.2 Å². The second-order valence-corrected chi connectivity index (χ2v) is 6.04. The number of nitrogens with zero attached hydrogens (tertiary/aromatic N) is 1. The number of hydrogen-bond donors (Lipinski definition) is 1. The molecule has 1 heterocycles. The SMILES string of the molecule is NC1CCN(S(=O)(=O)c2cccc(C=O)c2)C1. The fourth-order valence-electron chi connectivity index (χ4n) is 1.87. The zero-order valence-corrected chi connectivity index (χ0v) is 10.1. The summed E-state index contributed by atoms with van der Waals surface area (Å²) < 4.78 is 25.8. The Balaban J connectivity index is 2.34. The number of carbonyl (C=O) groups excluding carboxylic acids is 1. The molecule has 17 heavy (non-hydrogen) atoms. The van der Waals surface area contributed by atoms with Gasteiger partial charge in [-0.05, 0) is 18.6 Å². The molecule has 2 rings (SSSR count). The molecule has 0 spiro atoms. The van der Waals surface area contributed by atoms with E-state index in [1.807, 2.05) is 0 Å². The van der Waals surface area contributed by atoms with E-state index in [9.17, 15) is 13.2 Å². The number of benzene rings is 1. The maximum atomic E-state index is 12.2. The van der Waals surface area contributed by atoms with E-state index in [2.05, 4.69) is 0 Å². The van der Waals surface area contributed by atoms with E-state index in [1.165, 1.54) is 16.4 Å². The Kier molecular flexibility index (Phi) is 3.28. The molecule has 1 aliphatic heterocycles. The van der Waals surface area contributed by atoms with Crippen molar-refractivity contribution in [3.05, 3.63) is 29.8 Å². The molecule has 2 N–H and O–H groups in total. The lowest BCUT2D eigenvalue weighted by Gasteiger charge is -2.15.